The molecule has 0 saturated carbocycles. The van der Waals surface area contributed by atoms with Gasteiger partial charge in [0, 0.05) is 24.8 Å². The third-order valence-electron chi connectivity index (χ3n) is 3.32. The molecular formula is C18H18N2O3. The van der Waals surface area contributed by atoms with Crippen molar-refractivity contribution in [3.8, 4) is 0 Å². The maximum Gasteiger partial charge on any atom is 0.269 e. The Morgan fingerprint density at radius 2 is 1.78 bits per heavy atom. The number of nitro groups is 1. The summed E-state index contributed by atoms with van der Waals surface area (Å²) in [5.41, 5.74) is 2.03. The number of rotatable bonds is 7. The van der Waals surface area contributed by atoms with E-state index in [1.54, 1.807) is 18.2 Å². The number of hydrogen-bond acceptors (Lipinski definition) is 3. The van der Waals surface area contributed by atoms with Gasteiger partial charge >= 0.3 is 0 Å². The monoisotopic (exact) mass is 310 g/mol. The second-order valence-corrected chi connectivity index (χ2v) is 5.06. The Balaban J connectivity index is 1.72. The number of carbonyl (C=O) groups excluding carboxylic acids is 1. The fourth-order valence-electron chi connectivity index (χ4n) is 2.09. The number of carbonyl (C=O) groups is 1. The molecule has 2 aromatic carbocycles. The van der Waals surface area contributed by atoms with Gasteiger partial charge in [-0.15, -0.1) is 0 Å². The van der Waals surface area contributed by atoms with Crippen molar-refractivity contribution in [1.29, 1.82) is 0 Å². The summed E-state index contributed by atoms with van der Waals surface area (Å²) in [4.78, 5) is 21.8. The molecule has 0 aromatic heterocycles. The van der Waals surface area contributed by atoms with E-state index in [0.717, 1.165) is 18.4 Å². The Kier molecular flexibility index (Phi) is 6.06. The summed E-state index contributed by atoms with van der Waals surface area (Å²) in [6.45, 7) is 0.609. The topological polar surface area (TPSA) is 72.2 Å². The molecular weight excluding hydrogens is 292 g/mol. The van der Waals surface area contributed by atoms with Crippen LogP contribution in [0.15, 0.2) is 60.7 Å². The maximum atomic E-state index is 11.7. The standard InChI is InChI=1S/C18H18N2O3/c21-18(19-14-4-7-15-5-2-1-3-6-15)13-10-16-8-11-17(12-9-16)20(22)23/h1-3,5-6,8-13H,4,7,14H2,(H,19,21). The largest absolute Gasteiger partial charge is 0.353 e. The van der Waals surface area contributed by atoms with Crippen molar-refractivity contribution in [3.05, 3.63) is 81.9 Å². The van der Waals surface area contributed by atoms with Crippen LogP contribution in [0.5, 0.6) is 0 Å². The smallest absolute Gasteiger partial charge is 0.269 e. The molecule has 0 saturated heterocycles. The van der Waals surface area contributed by atoms with Crippen molar-refractivity contribution in [1.82, 2.24) is 5.32 Å². The Hall–Kier alpha value is -2.95. The zero-order valence-corrected chi connectivity index (χ0v) is 12.6. The highest BCUT2D eigenvalue weighted by atomic mass is 16.6. The van der Waals surface area contributed by atoms with Crippen LogP contribution in [0, 0.1) is 10.1 Å². The highest BCUT2D eigenvalue weighted by molar-refractivity contribution is 5.91. The molecule has 0 bridgehead atoms. The molecule has 0 atom stereocenters. The first-order valence-corrected chi connectivity index (χ1v) is 7.39. The van der Waals surface area contributed by atoms with Crippen molar-refractivity contribution >= 4 is 17.7 Å². The molecule has 23 heavy (non-hydrogen) atoms. The van der Waals surface area contributed by atoms with E-state index in [4.69, 9.17) is 0 Å². The van der Waals surface area contributed by atoms with Crippen LogP contribution in [0.2, 0.25) is 0 Å². The Morgan fingerprint density at radius 1 is 1.09 bits per heavy atom. The molecule has 118 valence electrons. The highest BCUT2D eigenvalue weighted by Crippen LogP contribution is 2.12. The first kappa shape index (κ1) is 16.4. The molecule has 2 aromatic rings. The van der Waals surface area contributed by atoms with Gasteiger partial charge in [0.25, 0.3) is 5.69 Å². The average Bonchev–Trinajstić information content (AvgIpc) is 2.58. The van der Waals surface area contributed by atoms with Gasteiger partial charge in [0.2, 0.25) is 5.91 Å². The minimum atomic E-state index is -0.451. The third kappa shape index (κ3) is 5.74. The summed E-state index contributed by atoms with van der Waals surface area (Å²) in [5.74, 6) is -0.170. The van der Waals surface area contributed by atoms with Gasteiger partial charge < -0.3 is 5.32 Å². The number of nitrogens with one attached hydrogen (secondary N) is 1. The highest BCUT2D eigenvalue weighted by Gasteiger charge is 2.02. The van der Waals surface area contributed by atoms with Crippen LogP contribution in [0.4, 0.5) is 5.69 Å². The lowest BCUT2D eigenvalue weighted by Crippen LogP contribution is -2.22. The number of benzene rings is 2. The quantitative estimate of drug-likeness (QED) is 0.369. The van der Waals surface area contributed by atoms with Gasteiger partial charge in [0.05, 0.1) is 4.92 Å². The summed E-state index contributed by atoms with van der Waals surface area (Å²) >= 11 is 0. The number of aryl methyl sites for hydroxylation is 1. The molecule has 0 aliphatic rings. The van der Waals surface area contributed by atoms with E-state index in [0.29, 0.717) is 6.54 Å². The molecule has 5 heteroatoms. The minimum absolute atomic E-state index is 0.0347. The first-order chi connectivity index (χ1) is 11.1. The Bertz CT molecular complexity index is 679. The van der Waals surface area contributed by atoms with E-state index in [-0.39, 0.29) is 11.6 Å². The van der Waals surface area contributed by atoms with Crippen molar-refractivity contribution in [2.45, 2.75) is 12.8 Å². The second kappa shape index (κ2) is 8.48. The fourth-order valence-corrected chi connectivity index (χ4v) is 2.09. The lowest BCUT2D eigenvalue weighted by Gasteiger charge is -2.02. The first-order valence-electron chi connectivity index (χ1n) is 7.39. The van der Waals surface area contributed by atoms with Crippen LogP contribution >= 0.6 is 0 Å². The van der Waals surface area contributed by atoms with Crippen molar-refractivity contribution in [2.75, 3.05) is 6.54 Å². The van der Waals surface area contributed by atoms with Gasteiger partial charge in [0.15, 0.2) is 0 Å². The van der Waals surface area contributed by atoms with Gasteiger partial charge in [-0.25, -0.2) is 0 Å². The summed E-state index contributed by atoms with van der Waals surface area (Å²) < 4.78 is 0. The molecule has 0 aliphatic heterocycles. The molecule has 1 N–H and O–H groups in total. The molecule has 0 radical (unpaired) electrons. The number of nitrogens with zero attached hydrogens (tertiary/aromatic N) is 1. The SMILES string of the molecule is O=C(C=Cc1ccc([N+](=O)[O-])cc1)NCCCc1ccccc1. The van der Waals surface area contributed by atoms with Gasteiger partial charge in [-0.2, -0.15) is 0 Å². The zero-order valence-electron chi connectivity index (χ0n) is 12.6. The van der Waals surface area contributed by atoms with E-state index in [1.165, 1.54) is 23.8 Å². The Morgan fingerprint density at radius 3 is 2.43 bits per heavy atom. The van der Waals surface area contributed by atoms with Crippen LogP contribution in [0.25, 0.3) is 6.08 Å². The molecule has 5 nitrogen and oxygen atoms in total. The van der Waals surface area contributed by atoms with Crippen molar-refractivity contribution in [2.24, 2.45) is 0 Å². The van der Waals surface area contributed by atoms with Gasteiger partial charge in [-0.05, 0) is 42.2 Å². The number of non-ortho nitro benzene ring substituents is 1. The fraction of sp³-hybridized carbons (Fsp3) is 0.167. The van der Waals surface area contributed by atoms with E-state index >= 15 is 0 Å². The maximum absolute atomic E-state index is 11.7. The van der Waals surface area contributed by atoms with Crippen LogP contribution < -0.4 is 5.32 Å². The minimum Gasteiger partial charge on any atom is -0.353 e. The summed E-state index contributed by atoms with van der Waals surface area (Å²) in [5, 5.41) is 13.4. The molecule has 0 fully saturated rings. The number of amides is 1. The summed E-state index contributed by atoms with van der Waals surface area (Å²) in [6, 6.07) is 16.2. The van der Waals surface area contributed by atoms with E-state index in [1.807, 2.05) is 18.2 Å². The van der Waals surface area contributed by atoms with E-state index in [9.17, 15) is 14.9 Å². The van der Waals surface area contributed by atoms with Crippen molar-refractivity contribution < 1.29 is 9.72 Å². The van der Waals surface area contributed by atoms with Crippen LogP contribution in [-0.2, 0) is 11.2 Å². The van der Waals surface area contributed by atoms with Crippen LogP contribution in [0.3, 0.4) is 0 Å². The lowest BCUT2D eigenvalue weighted by atomic mass is 10.1. The second-order valence-electron chi connectivity index (χ2n) is 5.06. The Labute approximate surface area is 134 Å². The number of hydrogen-bond donors (Lipinski definition) is 1. The molecule has 2 rings (SSSR count). The molecule has 0 aliphatic carbocycles. The van der Waals surface area contributed by atoms with Gasteiger partial charge in [0.1, 0.15) is 0 Å². The normalized spacial score (nSPS) is 10.6. The predicted octanol–water partition coefficient (Wildman–Crippen LogP) is 3.36. The number of nitro benzene ring substituents is 1. The van der Waals surface area contributed by atoms with Gasteiger partial charge in [-0.3, -0.25) is 14.9 Å². The van der Waals surface area contributed by atoms with E-state index < -0.39 is 4.92 Å². The zero-order chi connectivity index (χ0) is 16.5. The molecule has 0 heterocycles. The molecule has 1 amide bonds. The van der Waals surface area contributed by atoms with Crippen molar-refractivity contribution in [3.63, 3.8) is 0 Å². The van der Waals surface area contributed by atoms with Crippen LogP contribution in [0.1, 0.15) is 17.5 Å². The van der Waals surface area contributed by atoms with Crippen LogP contribution in [-0.4, -0.2) is 17.4 Å². The lowest BCUT2D eigenvalue weighted by molar-refractivity contribution is -0.384. The molecule has 0 unspecified atom stereocenters. The predicted molar refractivity (Wildman–Crippen MR) is 89.9 cm³/mol. The molecule has 0 spiro atoms. The van der Waals surface area contributed by atoms with Gasteiger partial charge in [-0.1, -0.05) is 30.3 Å². The summed E-state index contributed by atoms with van der Waals surface area (Å²) in [7, 11) is 0. The summed E-state index contributed by atoms with van der Waals surface area (Å²) in [6.07, 6.45) is 4.87. The third-order valence-corrected chi connectivity index (χ3v) is 3.32. The van der Waals surface area contributed by atoms with E-state index in [2.05, 4.69) is 17.4 Å². The average molecular weight is 310 g/mol.